The fourth-order valence-corrected chi connectivity index (χ4v) is 9.80. The Hall–Kier alpha value is -2.75. The first-order valence-corrected chi connectivity index (χ1v) is 20.4. The predicted molar refractivity (Wildman–Crippen MR) is 194 cm³/mol. The minimum Gasteiger partial charge on any atom is -0.414 e. The van der Waals surface area contributed by atoms with Gasteiger partial charge in [-0.25, -0.2) is 0 Å². The van der Waals surface area contributed by atoms with Crippen LogP contribution >= 0.6 is 11.8 Å². The van der Waals surface area contributed by atoms with Gasteiger partial charge in [-0.05, 0) is 53.9 Å². The van der Waals surface area contributed by atoms with Gasteiger partial charge in [-0.1, -0.05) is 141 Å². The molecule has 0 bridgehead atoms. The highest BCUT2D eigenvalue weighted by atomic mass is 32.2. The first-order chi connectivity index (χ1) is 23.0. The third-order valence-corrected chi connectivity index (χ3v) is 15.0. The fourth-order valence-electron chi connectivity index (χ4n) is 6.04. The molecule has 0 radical (unpaired) electrons. The maximum atomic E-state index is 7.06. The van der Waals surface area contributed by atoms with Crippen molar-refractivity contribution in [2.45, 2.75) is 100 Å². The Labute approximate surface area is 287 Å². The second kappa shape index (κ2) is 18.1. The summed E-state index contributed by atoms with van der Waals surface area (Å²) in [6, 6.07) is 42.7. The van der Waals surface area contributed by atoms with E-state index < -0.39 is 26.6 Å². The molecule has 5 rings (SSSR count). The Balaban J connectivity index is 1.51. The minimum atomic E-state index is -1.90. The molecule has 250 valence electrons. The number of ether oxygens (including phenoxy) is 4. The lowest BCUT2D eigenvalue weighted by molar-refractivity contribution is -0.251. The zero-order valence-corrected chi connectivity index (χ0v) is 30.1. The highest BCUT2D eigenvalue weighted by Crippen LogP contribution is 2.39. The summed E-state index contributed by atoms with van der Waals surface area (Å²) in [6.07, 6.45) is -1.57. The summed E-state index contributed by atoms with van der Waals surface area (Å²) < 4.78 is 34.6. The smallest absolute Gasteiger partial charge is 0.192 e. The van der Waals surface area contributed by atoms with E-state index in [2.05, 4.69) is 88.4 Å². The molecule has 47 heavy (non-hydrogen) atoms. The molecule has 1 aliphatic heterocycles. The summed E-state index contributed by atoms with van der Waals surface area (Å²) in [5.74, 6) is 0. The normalized spacial score (nSPS) is 21.5. The molecule has 0 unspecified atom stereocenters. The molecular weight excluding hydrogens is 621 g/mol. The van der Waals surface area contributed by atoms with Crippen LogP contribution < -0.4 is 0 Å². The summed E-state index contributed by atoms with van der Waals surface area (Å²) in [5.41, 5.74) is 4.19. The van der Waals surface area contributed by atoms with Gasteiger partial charge in [0.1, 0.15) is 29.9 Å². The van der Waals surface area contributed by atoms with E-state index in [0.717, 1.165) is 39.7 Å². The summed E-state index contributed by atoms with van der Waals surface area (Å²) in [7, 11) is -1.90. The number of hydrogen-bond donors (Lipinski definition) is 0. The van der Waals surface area contributed by atoms with Gasteiger partial charge >= 0.3 is 0 Å². The molecule has 0 amide bonds. The molecule has 0 aliphatic carbocycles. The molecule has 7 heteroatoms. The molecule has 0 spiro atoms. The Morgan fingerprint density at radius 1 is 0.574 bits per heavy atom. The first kappa shape index (κ1) is 35.6. The standard InChI is InChI=1S/C40H50O5SSi/c1-5-47(6-2,7-3)44-30-36-37(41-27-32-17-11-8-12-18-32)38(42-28-33-19-13-9-14-20-33)39(43-29-34-21-15-10-16-22-34)40(45-36)46-35-25-23-31(4)24-26-35/h8-26,36-40H,5-7,27-30H2,1-4H3/t36-,37-,38+,39-,40+/m1/s1. The van der Waals surface area contributed by atoms with Crippen LogP contribution in [0.1, 0.15) is 43.0 Å². The van der Waals surface area contributed by atoms with Gasteiger partial charge in [-0.2, -0.15) is 0 Å². The van der Waals surface area contributed by atoms with Crippen LogP contribution in [0, 0.1) is 6.92 Å². The zero-order valence-electron chi connectivity index (χ0n) is 28.3. The summed E-state index contributed by atoms with van der Waals surface area (Å²) >= 11 is 1.69. The van der Waals surface area contributed by atoms with Gasteiger partial charge in [0.05, 0.1) is 26.4 Å². The van der Waals surface area contributed by atoms with E-state index in [-0.39, 0.29) is 11.5 Å². The lowest BCUT2D eigenvalue weighted by Crippen LogP contribution is -2.61. The predicted octanol–water partition coefficient (Wildman–Crippen LogP) is 9.59. The van der Waals surface area contributed by atoms with Crippen LogP contribution in [0.15, 0.2) is 120 Å². The molecule has 5 nitrogen and oxygen atoms in total. The van der Waals surface area contributed by atoms with Crippen molar-refractivity contribution >= 4 is 20.1 Å². The van der Waals surface area contributed by atoms with Crippen molar-refractivity contribution in [1.82, 2.24) is 0 Å². The largest absolute Gasteiger partial charge is 0.414 e. The van der Waals surface area contributed by atoms with Crippen LogP contribution in [0.3, 0.4) is 0 Å². The van der Waals surface area contributed by atoms with E-state index in [1.54, 1.807) is 11.8 Å². The average Bonchev–Trinajstić information content (AvgIpc) is 3.12. The molecule has 0 saturated carbocycles. The van der Waals surface area contributed by atoms with E-state index in [0.29, 0.717) is 26.4 Å². The molecule has 5 atom stereocenters. The van der Waals surface area contributed by atoms with Crippen molar-refractivity contribution < 1.29 is 23.4 Å². The van der Waals surface area contributed by atoms with E-state index in [1.807, 2.05) is 54.6 Å². The van der Waals surface area contributed by atoms with Gasteiger partial charge in [0.25, 0.3) is 0 Å². The van der Waals surface area contributed by atoms with Crippen LogP contribution in [0.5, 0.6) is 0 Å². The van der Waals surface area contributed by atoms with Gasteiger partial charge in [-0.3, -0.25) is 0 Å². The molecule has 0 N–H and O–H groups in total. The van der Waals surface area contributed by atoms with Crippen molar-refractivity contribution in [3.63, 3.8) is 0 Å². The summed E-state index contributed by atoms with van der Waals surface area (Å²) in [4.78, 5) is 1.12. The van der Waals surface area contributed by atoms with Crippen molar-refractivity contribution in [3.8, 4) is 0 Å². The van der Waals surface area contributed by atoms with Crippen LogP contribution in [-0.4, -0.2) is 44.8 Å². The highest BCUT2D eigenvalue weighted by molar-refractivity contribution is 7.99. The summed E-state index contributed by atoms with van der Waals surface area (Å²) in [5, 5.41) is 0. The number of benzene rings is 4. The maximum Gasteiger partial charge on any atom is 0.192 e. The third kappa shape index (κ3) is 10.1. The van der Waals surface area contributed by atoms with Crippen molar-refractivity contribution in [2.75, 3.05) is 6.61 Å². The van der Waals surface area contributed by atoms with Gasteiger partial charge < -0.3 is 23.4 Å². The van der Waals surface area contributed by atoms with Crippen LogP contribution in [0.25, 0.3) is 0 Å². The quantitative estimate of drug-likeness (QED) is 0.104. The second-order valence-corrected chi connectivity index (χ2v) is 18.3. The molecule has 0 aromatic heterocycles. The molecule has 1 fully saturated rings. The average molecular weight is 671 g/mol. The highest BCUT2D eigenvalue weighted by Gasteiger charge is 2.49. The lowest BCUT2D eigenvalue weighted by atomic mass is 9.99. The molecule has 4 aromatic carbocycles. The topological polar surface area (TPSA) is 46.2 Å². The molecule has 4 aromatic rings. The van der Waals surface area contributed by atoms with E-state index in [4.69, 9.17) is 23.4 Å². The number of aryl methyl sites for hydroxylation is 1. The Kier molecular flexibility index (Phi) is 13.7. The number of rotatable bonds is 17. The zero-order chi connectivity index (χ0) is 32.9. The van der Waals surface area contributed by atoms with Gasteiger partial charge in [0.15, 0.2) is 8.32 Å². The second-order valence-electron chi connectivity index (χ2n) is 12.3. The van der Waals surface area contributed by atoms with Crippen LogP contribution in [-0.2, 0) is 43.2 Å². The fraction of sp³-hybridized carbons (Fsp3) is 0.400. The Bertz CT molecular complexity index is 1430. The van der Waals surface area contributed by atoms with Crippen molar-refractivity contribution in [1.29, 1.82) is 0 Å². The minimum absolute atomic E-state index is 0.337. The van der Waals surface area contributed by atoms with Crippen LogP contribution in [0.2, 0.25) is 18.1 Å². The number of hydrogen-bond acceptors (Lipinski definition) is 6. The van der Waals surface area contributed by atoms with E-state index >= 15 is 0 Å². The monoisotopic (exact) mass is 670 g/mol. The number of thioether (sulfide) groups is 1. The van der Waals surface area contributed by atoms with Crippen LogP contribution in [0.4, 0.5) is 0 Å². The van der Waals surface area contributed by atoms with Crippen molar-refractivity contribution in [3.05, 3.63) is 138 Å². The SMILES string of the molecule is CC[Si](CC)(CC)OC[C@H]1O[C@@H](Sc2ccc(C)cc2)[C@H](OCc2ccccc2)[C@@H](OCc2ccccc2)[C@@H]1OCc1ccccc1. The van der Waals surface area contributed by atoms with E-state index in [1.165, 1.54) is 5.56 Å². The maximum absolute atomic E-state index is 7.06. The van der Waals surface area contributed by atoms with Gasteiger partial charge in [0, 0.05) is 4.90 Å². The van der Waals surface area contributed by atoms with E-state index in [9.17, 15) is 0 Å². The molecule has 1 heterocycles. The Morgan fingerprint density at radius 2 is 1.02 bits per heavy atom. The molecule has 1 saturated heterocycles. The third-order valence-electron chi connectivity index (χ3n) is 9.21. The van der Waals surface area contributed by atoms with Crippen molar-refractivity contribution in [2.24, 2.45) is 0 Å². The lowest BCUT2D eigenvalue weighted by Gasteiger charge is -2.46. The van der Waals surface area contributed by atoms with Gasteiger partial charge in [0.2, 0.25) is 0 Å². The Morgan fingerprint density at radius 3 is 1.49 bits per heavy atom. The molecular formula is C40H50O5SSi. The molecule has 1 aliphatic rings. The van der Waals surface area contributed by atoms with Gasteiger partial charge in [-0.15, -0.1) is 0 Å². The first-order valence-electron chi connectivity index (χ1n) is 17.0. The summed E-state index contributed by atoms with van der Waals surface area (Å²) in [6.45, 7) is 10.7.